The summed E-state index contributed by atoms with van der Waals surface area (Å²) in [6.45, 7) is 1.19. The van der Waals surface area contributed by atoms with E-state index in [2.05, 4.69) is 5.10 Å². The van der Waals surface area contributed by atoms with Gasteiger partial charge in [-0.15, -0.1) is 0 Å². The van der Waals surface area contributed by atoms with Crippen molar-refractivity contribution in [3.05, 3.63) is 51.2 Å². The van der Waals surface area contributed by atoms with Crippen molar-refractivity contribution in [1.29, 1.82) is 0 Å². The highest BCUT2D eigenvalue weighted by molar-refractivity contribution is 6.32. The Morgan fingerprint density at radius 2 is 2.30 bits per heavy atom. The first kappa shape index (κ1) is 12.9. The van der Waals surface area contributed by atoms with E-state index in [-0.39, 0.29) is 16.8 Å². The second kappa shape index (κ2) is 5.13. The lowest BCUT2D eigenvalue weighted by Gasteiger charge is -2.24. The van der Waals surface area contributed by atoms with Gasteiger partial charge in [0, 0.05) is 5.92 Å². The Hall–Kier alpha value is -2.08. The van der Waals surface area contributed by atoms with E-state index in [0.29, 0.717) is 13.2 Å². The van der Waals surface area contributed by atoms with Gasteiger partial charge in [-0.1, -0.05) is 29.8 Å². The molecule has 1 aromatic carbocycles. The van der Waals surface area contributed by atoms with Gasteiger partial charge >= 0.3 is 5.82 Å². The van der Waals surface area contributed by atoms with Crippen molar-refractivity contribution in [3.63, 3.8) is 0 Å². The van der Waals surface area contributed by atoms with Gasteiger partial charge in [0.15, 0.2) is 5.02 Å². The summed E-state index contributed by atoms with van der Waals surface area (Å²) in [6.07, 6.45) is 2.35. The second-order valence-corrected chi connectivity index (χ2v) is 5.06. The molecule has 0 fully saturated rings. The van der Waals surface area contributed by atoms with Gasteiger partial charge < -0.3 is 14.9 Å². The summed E-state index contributed by atoms with van der Waals surface area (Å²) < 4.78 is 7.13. The third-order valence-electron chi connectivity index (χ3n) is 3.36. The summed E-state index contributed by atoms with van der Waals surface area (Å²) >= 11 is 5.81. The number of benzene rings is 1. The van der Waals surface area contributed by atoms with Crippen molar-refractivity contribution in [3.8, 4) is 5.75 Å². The predicted molar refractivity (Wildman–Crippen MR) is 73.2 cm³/mol. The fourth-order valence-electron chi connectivity index (χ4n) is 2.44. The summed E-state index contributed by atoms with van der Waals surface area (Å²) in [4.78, 5) is 10.2. The zero-order chi connectivity index (χ0) is 14.1. The summed E-state index contributed by atoms with van der Waals surface area (Å²) in [7, 11) is 0. The highest BCUT2D eigenvalue weighted by Gasteiger charge is 2.25. The highest BCUT2D eigenvalue weighted by Crippen LogP contribution is 2.34. The number of rotatable bonds is 3. The standard InChI is InChI=1S/C13H12ClN3O3/c14-11-8-16(15-13(11)17(18)19)7-9-5-6-20-12-4-2-1-3-10(9)12/h1-4,8-9H,5-7H2. The molecule has 0 bridgehead atoms. The molecule has 0 radical (unpaired) electrons. The molecule has 3 rings (SSSR count). The van der Waals surface area contributed by atoms with Gasteiger partial charge in [0.25, 0.3) is 0 Å². The number of aromatic nitrogens is 2. The van der Waals surface area contributed by atoms with Gasteiger partial charge in [0.1, 0.15) is 5.75 Å². The molecule has 2 aromatic rings. The van der Waals surface area contributed by atoms with Crippen molar-refractivity contribution in [2.75, 3.05) is 6.61 Å². The van der Waals surface area contributed by atoms with Crippen LogP contribution in [0.25, 0.3) is 0 Å². The highest BCUT2D eigenvalue weighted by atomic mass is 35.5. The largest absolute Gasteiger partial charge is 0.493 e. The van der Waals surface area contributed by atoms with Crippen molar-refractivity contribution >= 4 is 17.4 Å². The maximum atomic E-state index is 10.8. The normalized spacial score (nSPS) is 17.4. The maximum Gasteiger partial charge on any atom is 0.408 e. The van der Waals surface area contributed by atoms with Gasteiger partial charge in [-0.05, 0) is 23.0 Å². The number of halogens is 1. The molecular formula is C13H12ClN3O3. The quantitative estimate of drug-likeness (QED) is 0.644. The van der Waals surface area contributed by atoms with Gasteiger partial charge in [-0.3, -0.25) is 0 Å². The lowest BCUT2D eigenvalue weighted by atomic mass is 9.93. The Balaban J connectivity index is 1.86. The average molecular weight is 294 g/mol. The van der Waals surface area contributed by atoms with Crippen LogP contribution < -0.4 is 4.74 Å². The number of para-hydroxylation sites is 1. The first-order valence-corrected chi connectivity index (χ1v) is 6.62. The number of hydrogen-bond acceptors (Lipinski definition) is 4. The summed E-state index contributed by atoms with van der Waals surface area (Å²) in [5.74, 6) is 0.791. The van der Waals surface area contributed by atoms with Crippen molar-refractivity contribution in [2.24, 2.45) is 0 Å². The molecule has 0 saturated carbocycles. The molecule has 0 aliphatic carbocycles. The second-order valence-electron chi connectivity index (χ2n) is 4.65. The number of fused-ring (bicyclic) bond motifs is 1. The molecule has 1 unspecified atom stereocenters. The van der Waals surface area contributed by atoms with Crippen LogP contribution in [0.15, 0.2) is 30.5 Å². The number of hydrogen-bond donors (Lipinski definition) is 0. The van der Waals surface area contributed by atoms with Crippen LogP contribution in [0.3, 0.4) is 0 Å². The van der Waals surface area contributed by atoms with Crippen LogP contribution in [0.4, 0.5) is 5.82 Å². The SMILES string of the molecule is O=[N+]([O-])c1nn(CC2CCOc3ccccc32)cc1Cl. The molecule has 0 amide bonds. The van der Waals surface area contributed by atoms with E-state index in [4.69, 9.17) is 16.3 Å². The molecule has 2 heterocycles. The monoisotopic (exact) mass is 293 g/mol. The summed E-state index contributed by atoms with van der Waals surface area (Å²) in [5.41, 5.74) is 1.10. The van der Waals surface area contributed by atoms with E-state index in [1.54, 1.807) is 0 Å². The molecule has 20 heavy (non-hydrogen) atoms. The topological polar surface area (TPSA) is 70.2 Å². The Labute approximate surface area is 120 Å². The van der Waals surface area contributed by atoms with E-state index < -0.39 is 4.92 Å². The Morgan fingerprint density at radius 1 is 1.50 bits per heavy atom. The van der Waals surface area contributed by atoms with Gasteiger partial charge in [0.05, 0.1) is 24.4 Å². The minimum atomic E-state index is -0.573. The van der Waals surface area contributed by atoms with Crippen molar-refractivity contribution < 1.29 is 9.66 Å². The molecule has 7 heteroatoms. The van der Waals surface area contributed by atoms with Crippen LogP contribution in [0.5, 0.6) is 5.75 Å². The number of nitro groups is 1. The minimum Gasteiger partial charge on any atom is -0.493 e. The predicted octanol–water partition coefficient (Wildman–Crippen LogP) is 3.01. The van der Waals surface area contributed by atoms with E-state index >= 15 is 0 Å². The Kier molecular flexibility index (Phi) is 3.31. The molecule has 0 N–H and O–H groups in total. The molecule has 1 aliphatic heterocycles. The van der Waals surface area contributed by atoms with Crippen LogP contribution in [0.2, 0.25) is 5.02 Å². The van der Waals surface area contributed by atoms with E-state index in [1.807, 2.05) is 24.3 Å². The van der Waals surface area contributed by atoms with Crippen LogP contribution in [-0.4, -0.2) is 21.3 Å². The smallest absolute Gasteiger partial charge is 0.408 e. The van der Waals surface area contributed by atoms with Crippen molar-refractivity contribution in [1.82, 2.24) is 9.78 Å². The fraction of sp³-hybridized carbons (Fsp3) is 0.308. The van der Waals surface area contributed by atoms with E-state index in [9.17, 15) is 10.1 Å². The molecule has 0 spiro atoms. The molecule has 1 atom stereocenters. The molecule has 1 aliphatic rings. The van der Waals surface area contributed by atoms with Crippen LogP contribution in [0.1, 0.15) is 17.9 Å². The first-order chi connectivity index (χ1) is 9.65. The zero-order valence-electron chi connectivity index (χ0n) is 10.5. The average Bonchev–Trinajstić information content (AvgIpc) is 2.80. The van der Waals surface area contributed by atoms with Gasteiger partial charge in [-0.25, -0.2) is 0 Å². The lowest BCUT2D eigenvalue weighted by Crippen LogP contribution is -2.18. The van der Waals surface area contributed by atoms with Crippen LogP contribution in [0, 0.1) is 10.1 Å². The zero-order valence-corrected chi connectivity index (χ0v) is 11.3. The molecule has 0 saturated heterocycles. The van der Waals surface area contributed by atoms with Crippen LogP contribution >= 0.6 is 11.6 Å². The lowest BCUT2D eigenvalue weighted by molar-refractivity contribution is -0.389. The number of ether oxygens (including phenoxy) is 1. The van der Waals surface area contributed by atoms with Crippen LogP contribution in [-0.2, 0) is 6.54 Å². The van der Waals surface area contributed by atoms with Gasteiger partial charge in [0.2, 0.25) is 0 Å². The maximum absolute atomic E-state index is 10.8. The molecule has 1 aromatic heterocycles. The van der Waals surface area contributed by atoms with Crippen molar-refractivity contribution in [2.45, 2.75) is 18.9 Å². The van der Waals surface area contributed by atoms with E-state index in [0.717, 1.165) is 17.7 Å². The minimum absolute atomic E-state index is 0.0651. The summed E-state index contributed by atoms with van der Waals surface area (Å²) in [5, 5.41) is 14.7. The third-order valence-corrected chi connectivity index (χ3v) is 3.63. The first-order valence-electron chi connectivity index (χ1n) is 6.24. The van der Waals surface area contributed by atoms with E-state index in [1.165, 1.54) is 10.9 Å². The molecule has 6 nitrogen and oxygen atoms in total. The molecular weight excluding hydrogens is 282 g/mol. The number of nitrogens with zero attached hydrogens (tertiary/aromatic N) is 3. The van der Waals surface area contributed by atoms with Gasteiger partial charge in [-0.2, -0.15) is 4.68 Å². The fourth-order valence-corrected chi connectivity index (χ4v) is 2.65. The third kappa shape index (κ3) is 2.34. The summed E-state index contributed by atoms with van der Waals surface area (Å²) in [6, 6.07) is 7.83. The molecule has 104 valence electrons. The Bertz CT molecular complexity index is 656. The Morgan fingerprint density at radius 3 is 3.05 bits per heavy atom.